The van der Waals surface area contributed by atoms with E-state index in [0.717, 1.165) is 30.1 Å². The third-order valence-corrected chi connectivity index (χ3v) is 4.46. The molecule has 0 spiro atoms. The summed E-state index contributed by atoms with van der Waals surface area (Å²) >= 11 is 0. The number of methoxy groups -OCH3 is 1. The molecule has 3 rings (SSSR count). The van der Waals surface area contributed by atoms with Gasteiger partial charge in [-0.05, 0) is 24.6 Å². The number of amides is 1. The van der Waals surface area contributed by atoms with Gasteiger partial charge < -0.3 is 14.8 Å². The zero-order valence-electron chi connectivity index (χ0n) is 15.1. The van der Waals surface area contributed by atoms with Gasteiger partial charge in [-0.25, -0.2) is 4.98 Å². The summed E-state index contributed by atoms with van der Waals surface area (Å²) in [6, 6.07) is 8.02. The number of nitrogens with one attached hydrogen (secondary N) is 1. The maximum Gasteiger partial charge on any atom is 0.271 e. The van der Waals surface area contributed by atoms with Crippen LogP contribution in [0, 0.1) is 6.92 Å². The Kier molecular flexibility index (Phi) is 6.14. The number of ether oxygens (including phenoxy) is 2. The Bertz CT molecular complexity index is 713. The maximum atomic E-state index is 12.4. The van der Waals surface area contributed by atoms with Crippen molar-refractivity contribution < 1.29 is 14.3 Å². The molecule has 1 N–H and O–H groups in total. The second-order valence-electron chi connectivity index (χ2n) is 6.19. The highest BCUT2D eigenvalue weighted by atomic mass is 16.5. The highest BCUT2D eigenvalue weighted by molar-refractivity contribution is 5.91. The number of aryl methyl sites for hydroxylation is 1. The molecule has 1 aliphatic rings. The van der Waals surface area contributed by atoms with Gasteiger partial charge in [-0.1, -0.05) is 12.1 Å². The smallest absolute Gasteiger partial charge is 0.271 e. The Balaban J connectivity index is 1.72. The molecule has 0 radical (unpaired) electrons. The molecule has 1 saturated heterocycles. The molecule has 0 bridgehead atoms. The van der Waals surface area contributed by atoms with E-state index in [-0.39, 0.29) is 11.9 Å². The number of hydrogen-bond donors (Lipinski definition) is 1. The van der Waals surface area contributed by atoms with E-state index in [9.17, 15) is 4.79 Å². The Labute approximate surface area is 153 Å². The average Bonchev–Trinajstić information content (AvgIpc) is 2.70. The van der Waals surface area contributed by atoms with Crippen molar-refractivity contribution in [1.82, 2.24) is 20.2 Å². The molecule has 0 saturated carbocycles. The highest BCUT2D eigenvalue weighted by Crippen LogP contribution is 2.23. The number of aromatic nitrogens is 2. The number of benzene rings is 1. The zero-order chi connectivity index (χ0) is 18.4. The monoisotopic (exact) mass is 356 g/mol. The molecular formula is C19H24N4O3. The summed E-state index contributed by atoms with van der Waals surface area (Å²) < 4.78 is 10.7. The highest BCUT2D eigenvalue weighted by Gasteiger charge is 2.23. The summed E-state index contributed by atoms with van der Waals surface area (Å²) in [7, 11) is 1.65. The van der Waals surface area contributed by atoms with Crippen LogP contribution in [-0.2, 0) is 4.74 Å². The summed E-state index contributed by atoms with van der Waals surface area (Å²) in [4.78, 5) is 23.0. The molecule has 0 aliphatic carbocycles. The van der Waals surface area contributed by atoms with Crippen LogP contribution in [0.3, 0.4) is 0 Å². The number of hydrogen-bond acceptors (Lipinski definition) is 6. The lowest BCUT2D eigenvalue weighted by atomic mass is 10.0. The predicted molar refractivity (Wildman–Crippen MR) is 97.2 cm³/mol. The van der Waals surface area contributed by atoms with Crippen molar-refractivity contribution in [1.29, 1.82) is 0 Å². The van der Waals surface area contributed by atoms with Crippen LogP contribution in [0.1, 0.15) is 27.8 Å². The summed E-state index contributed by atoms with van der Waals surface area (Å²) in [5.41, 5.74) is 2.24. The van der Waals surface area contributed by atoms with Crippen molar-refractivity contribution in [2.45, 2.75) is 13.0 Å². The van der Waals surface area contributed by atoms with Gasteiger partial charge in [-0.15, -0.1) is 0 Å². The molecule has 1 amide bonds. The molecule has 1 aromatic heterocycles. The summed E-state index contributed by atoms with van der Waals surface area (Å²) in [6.45, 7) is 5.38. The van der Waals surface area contributed by atoms with Gasteiger partial charge in [-0.2, -0.15) is 0 Å². The first-order valence-corrected chi connectivity index (χ1v) is 8.70. The van der Waals surface area contributed by atoms with Crippen molar-refractivity contribution in [2.75, 3.05) is 40.0 Å². The maximum absolute atomic E-state index is 12.4. The van der Waals surface area contributed by atoms with E-state index in [1.165, 1.54) is 6.20 Å². The van der Waals surface area contributed by atoms with Crippen LogP contribution >= 0.6 is 0 Å². The molecule has 138 valence electrons. The molecule has 1 fully saturated rings. The summed E-state index contributed by atoms with van der Waals surface area (Å²) in [6.07, 6.45) is 3.10. The van der Waals surface area contributed by atoms with E-state index in [2.05, 4.69) is 20.2 Å². The van der Waals surface area contributed by atoms with Gasteiger partial charge in [0.15, 0.2) is 0 Å². The zero-order valence-corrected chi connectivity index (χ0v) is 15.1. The van der Waals surface area contributed by atoms with E-state index in [4.69, 9.17) is 9.47 Å². The van der Waals surface area contributed by atoms with E-state index >= 15 is 0 Å². The Morgan fingerprint density at radius 1 is 1.23 bits per heavy atom. The van der Waals surface area contributed by atoms with Crippen molar-refractivity contribution in [2.24, 2.45) is 0 Å². The van der Waals surface area contributed by atoms with Crippen LogP contribution in [0.25, 0.3) is 0 Å². The second-order valence-corrected chi connectivity index (χ2v) is 6.19. The van der Waals surface area contributed by atoms with E-state index in [1.807, 2.05) is 31.2 Å². The van der Waals surface area contributed by atoms with Crippen LogP contribution in [0.2, 0.25) is 0 Å². The number of carbonyl (C=O) groups excluding carboxylic acids is 1. The standard InChI is InChI=1S/C19H24N4O3/c1-14-11-21-17(12-20-14)19(24)22-13-18(23-7-9-26-10-8-23)15-3-5-16(25-2)6-4-15/h3-6,11-12,18H,7-10,13H2,1-2H3,(H,22,24)/t18-/m0/s1. The largest absolute Gasteiger partial charge is 0.497 e. The van der Waals surface area contributed by atoms with Crippen molar-refractivity contribution >= 4 is 5.91 Å². The van der Waals surface area contributed by atoms with Gasteiger partial charge >= 0.3 is 0 Å². The van der Waals surface area contributed by atoms with Gasteiger partial charge in [0.05, 0.1) is 38.3 Å². The minimum absolute atomic E-state index is 0.0622. The Morgan fingerprint density at radius 3 is 2.58 bits per heavy atom. The molecule has 1 atom stereocenters. The first-order valence-electron chi connectivity index (χ1n) is 8.70. The topological polar surface area (TPSA) is 76.6 Å². The molecular weight excluding hydrogens is 332 g/mol. The fourth-order valence-electron chi connectivity index (χ4n) is 2.96. The third kappa shape index (κ3) is 4.56. The number of nitrogens with zero attached hydrogens (tertiary/aromatic N) is 3. The van der Waals surface area contributed by atoms with Crippen LogP contribution in [0.5, 0.6) is 5.75 Å². The fourth-order valence-corrected chi connectivity index (χ4v) is 2.96. The average molecular weight is 356 g/mol. The van der Waals surface area contributed by atoms with Gasteiger partial charge in [0.1, 0.15) is 11.4 Å². The minimum atomic E-state index is -0.218. The molecule has 2 aromatic rings. The predicted octanol–water partition coefficient (Wildman–Crippen LogP) is 1.60. The SMILES string of the molecule is COc1ccc([C@H](CNC(=O)c2cnc(C)cn2)N2CCOCC2)cc1. The molecule has 26 heavy (non-hydrogen) atoms. The van der Waals surface area contributed by atoms with Gasteiger partial charge in [0, 0.05) is 25.8 Å². The third-order valence-electron chi connectivity index (χ3n) is 4.46. The molecule has 1 aromatic carbocycles. The summed E-state index contributed by atoms with van der Waals surface area (Å²) in [5.74, 6) is 0.595. The quantitative estimate of drug-likeness (QED) is 0.847. The van der Waals surface area contributed by atoms with Crippen LogP contribution in [0.4, 0.5) is 0 Å². The normalized spacial score (nSPS) is 16.1. The first-order chi connectivity index (χ1) is 12.7. The number of morpholine rings is 1. The van der Waals surface area contributed by atoms with E-state index < -0.39 is 0 Å². The number of carbonyl (C=O) groups is 1. The first kappa shape index (κ1) is 18.3. The van der Waals surface area contributed by atoms with Gasteiger partial charge in [0.2, 0.25) is 0 Å². The number of rotatable bonds is 6. The van der Waals surface area contributed by atoms with E-state index in [1.54, 1.807) is 13.3 Å². The van der Waals surface area contributed by atoms with Crippen molar-refractivity contribution in [3.8, 4) is 5.75 Å². The fraction of sp³-hybridized carbons (Fsp3) is 0.421. The van der Waals surface area contributed by atoms with Gasteiger partial charge in [-0.3, -0.25) is 14.7 Å². The van der Waals surface area contributed by atoms with Gasteiger partial charge in [0.25, 0.3) is 5.91 Å². The Hall–Kier alpha value is -2.51. The lowest BCUT2D eigenvalue weighted by Crippen LogP contribution is -2.43. The minimum Gasteiger partial charge on any atom is -0.497 e. The second kappa shape index (κ2) is 8.73. The Morgan fingerprint density at radius 2 is 1.96 bits per heavy atom. The lowest BCUT2D eigenvalue weighted by molar-refractivity contribution is 0.0162. The molecule has 7 heteroatoms. The van der Waals surface area contributed by atoms with E-state index in [0.29, 0.717) is 25.5 Å². The molecule has 2 heterocycles. The summed E-state index contributed by atoms with van der Waals surface area (Å²) in [5, 5.41) is 2.99. The van der Waals surface area contributed by atoms with Crippen molar-refractivity contribution in [3.63, 3.8) is 0 Å². The van der Waals surface area contributed by atoms with Crippen LogP contribution in [0.15, 0.2) is 36.7 Å². The van der Waals surface area contributed by atoms with Crippen molar-refractivity contribution in [3.05, 3.63) is 53.6 Å². The van der Waals surface area contributed by atoms with Crippen LogP contribution < -0.4 is 10.1 Å². The molecule has 1 aliphatic heterocycles. The van der Waals surface area contributed by atoms with Crippen LogP contribution in [-0.4, -0.2) is 60.7 Å². The lowest BCUT2D eigenvalue weighted by Gasteiger charge is -2.35. The molecule has 7 nitrogen and oxygen atoms in total. The molecule has 0 unspecified atom stereocenters.